The van der Waals surface area contributed by atoms with Crippen LogP contribution in [0.2, 0.25) is 0 Å². The summed E-state index contributed by atoms with van der Waals surface area (Å²) in [5, 5.41) is -1.42. The van der Waals surface area contributed by atoms with Crippen molar-refractivity contribution in [1.29, 1.82) is 0 Å². The summed E-state index contributed by atoms with van der Waals surface area (Å²) in [5.74, 6) is 0.530. The zero-order valence-corrected chi connectivity index (χ0v) is 8.71. The van der Waals surface area contributed by atoms with E-state index in [0.29, 0.717) is 5.75 Å². The molecule has 1 nitrogen and oxygen atoms in total. The Balaban J connectivity index is 3.97. The van der Waals surface area contributed by atoms with Gasteiger partial charge in [0.15, 0.2) is 0 Å². The molecule has 0 saturated heterocycles. The van der Waals surface area contributed by atoms with Crippen molar-refractivity contribution in [2.75, 3.05) is 5.75 Å². The van der Waals surface area contributed by atoms with Crippen molar-refractivity contribution < 1.29 is 13.2 Å². The smallest absolute Gasteiger partial charge is 0.327 e. The molecule has 0 heterocycles. The van der Waals surface area contributed by atoms with Gasteiger partial charge in [-0.15, -0.1) is 11.8 Å². The van der Waals surface area contributed by atoms with Crippen molar-refractivity contribution in [3.8, 4) is 0 Å². The molecule has 0 amide bonds. The van der Waals surface area contributed by atoms with E-state index in [2.05, 4.69) is 0 Å². The first-order chi connectivity index (χ1) is 5.89. The van der Waals surface area contributed by atoms with E-state index in [1.165, 1.54) is 6.92 Å². The minimum Gasteiger partial charge on any atom is -0.327 e. The minimum atomic E-state index is -4.17. The summed E-state index contributed by atoms with van der Waals surface area (Å²) in [6, 6.07) is -0.832. The Morgan fingerprint density at radius 3 is 2.23 bits per heavy atom. The van der Waals surface area contributed by atoms with Crippen LogP contribution in [-0.4, -0.2) is 23.2 Å². The molecule has 0 aromatic rings. The summed E-state index contributed by atoms with van der Waals surface area (Å²) in [6.07, 6.45) is -2.45. The van der Waals surface area contributed by atoms with Crippen LogP contribution in [0.1, 0.15) is 26.7 Å². The highest BCUT2D eigenvalue weighted by molar-refractivity contribution is 8.00. The number of nitrogens with two attached hydrogens (primary N) is 1. The zero-order valence-electron chi connectivity index (χ0n) is 7.90. The molecule has 0 fully saturated rings. The molecular formula is C8H16F3NS. The molecule has 0 aliphatic rings. The minimum absolute atomic E-state index is 0.530. The molecule has 0 bridgehead atoms. The van der Waals surface area contributed by atoms with Crippen LogP contribution in [0.5, 0.6) is 0 Å². The predicted molar refractivity (Wildman–Crippen MR) is 50.9 cm³/mol. The lowest BCUT2D eigenvalue weighted by atomic mass is 10.2. The van der Waals surface area contributed by atoms with Gasteiger partial charge in [0.2, 0.25) is 0 Å². The topological polar surface area (TPSA) is 26.0 Å². The van der Waals surface area contributed by atoms with E-state index in [9.17, 15) is 13.2 Å². The Kier molecular flexibility index (Phi) is 5.80. The molecule has 0 aliphatic carbocycles. The third kappa shape index (κ3) is 5.41. The van der Waals surface area contributed by atoms with Gasteiger partial charge in [0.1, 0.15) is 5.25 Å². The number of thioether (sulfide) groups is 1. The fraction of sp³-hybridized carbons (Fsp3) is 1.00. The van der Waals surface area contributed by atoms with E-state index in [4.69, 9.17) is 5.73 Å². The van der Waals surface area contributed by atoms with Crippen LogP contribution in [-0.2, 0) is 0 Å². The zero-order chi connectivity index (χ0) is 10.5. The van der Waals surface area contributed by atoms with Gasteiger partial charge >= 0.3 is 6.18 Å². The normalized spacial score (nSPS) is 17.1. The summed E-state index contributed by atoms with van der Waals surface area (Å²) in [5.41, 5.74) is 5.26. The van der Waals surface area contributed by atoms with Gasteiger partial charge in [-0.3, -0.25) is 0 Å². The summed E-state index contributed by atoms with van der Waals surface area (Å²) >= 11 is 0.911. The van der Waals surface area contributed by atoms with Crippen LogP contribution in [0, 0.1) is 0 Å². The van der Waals surface area contributed by atoms with Crippen molar-refractivity contribution in [2.45, 2.75) is 44.2 Å². The van der Waals surface area contributed by atoms with E-state index < -0.39 is 17.5 Å². The van der Waals surface area contributed by atoms with Gasteiger partial charge in [0.05, 0.1) is 0 Å². The number of hydrogen-bond acceptors (Lipinski definition) is 2. The van der Waals surface area contributed by atoms with Gasteiger partial charge in [-0.2, -0.15) is 13.2 Å². The highest BCUT2D eigenvalue weighted by Crippen LogP contribution is 2.32. The molecule has 0 radical (unpaired) electrons. The van der Waals surface area contributed by atoms with Gasteiger partial charge in [0.25, 0.3) is 0 Å². The van der Waals surface area contributed by atoms with Crippen molar-refractivity contribution in [2.24, 2.45) is 5.73 Å². The van der Waals surface area contributed by atoms with Gasteiger partial charge in [0, 0.05) is 6.04 Å². The van der Waals surface area contributed by atoms with Crippen molar-refractivity contribution in [3.63, 3.8) is 0 Å². The number of unbranched alkanes of at least 4 members (excludes halogenated alkanes) is 1. The average Bonchev–Trinajstić information content (AvgIpc) is 1.94. The fourth-order valence-corrected chi connectivity index (χ4v) is 2.10. The van der Waals surface area contributed by atoms with Crippen LogP contribution < -0.4 is 5.73 Å². The summed E-state index contributed by atoms with van der Waals surface area (Å²) < 4.78 is 36.9. The maximum Gasteiger partial charge on any atom is 0.402 e. The van der Waals surface area contributed by atoms with Gasteiger partial charge in [-0.05, 0) is 19.1 Å². The third-order valence-corrected chi connectivity index (χ3v) is 3.18. The molecular weight excluding hydrogens is 199 g/mol. The van der Waals surface area contributed by atoms with Gasteiger partial charge < -0.3 is 5.73 Å². The second-order valence-corrected chi connectivity index (χ2v) is 4.30. The largest absolute Gasteiger partial charge is 0.402 e. The molecule has 0 rings (SSSR count). The third-order valence-electron chi connectivity index (χ3n) is 1.60. The van der Waals surface area contributed by atoms with Gasteiger partial charge in [-0.1, -0.05) is 13.3 Å². The number of alkyl halides is 3. The maximum atomic E-state index is 12.3. The summed E-state index contributed by atoms with van der Waals surface area (Å²) in [6.45, 7) is 3.35. The Morgan fingerprint density at radius 1 is 1.38 bits per heavy atom. The summed E-state index contributed by atoms with van der Waals surface area (Å²) in [4.78, 5) is 0. The van der Waals surface area contributed by atoms with Crippen molar-refractivity contribution in [3.05, 3.63) is 0 Å². The molecule has 0 aliphatic heterocycles. The van der Waals surface area contributed by atoms with E-state index in [0.717, 1.165) is 24.6 Å². The first-order valence-corrected chi connectivity index (χ1v) is 5.38. The highest BCUT2D eigenvalue weighted by atomic mass is 32.2. The first kappa shape index (κ1) is 13.1. The predicted octanol–water partition coefficient (Wildman–Crippen LogP) is 2.80. The van der Waals surface area contributed by atoms with Crippen LogP contribution in [0.15, 0.2) is 0 Å². The van der Waals surface area contributed by atoms with E-state index in [1.807, 2.05) is 6.92 Å². The molecule has 2 N–H and O–H groups in total. The van der Waals surface area contributed by atoms with Crippen molar-refractivity contribution in [1.82, 2.24) is 0 Å². The molecule has 13 heavy (non-hydrogen) atoms. The Labute approximate surface area is 81.3 Å². The van der Waals surface area contributed by atoms with E-state index in [-0.39, 0.29) is 0 Å². The second kappa shape index (κ2) is 5.75. The average molecular weight is 215 g/mol. The summed E-state index contributed by atoms with van der Waals surface area (Å²) in [7, 11) is 0. The monoisotopic (exact) mass is 215 g/mol. The van der Waals surface area contributed by atoms with Crippen molar-refractivity contribution >= 4 is 11.8 Å². The molecule has 2 unspecified atom stereocenters. The lowest BCUT2D eigenvalue weighted by molar-refractivity contribution is -0.131. The van der Waals surface area contributed by atoms with E-state index in [1.54, 1.807) is 0 Å². The lowest BCUT2D eigenvalue weighted by Gasteiger charge is -2.22. The molecule has 2 atom stereocenters. The van der Waals surface area contributed by atoms with E-state index >= 15 is 0 Å². The SMILES string of the molecule is CCCCSC(C(C)N)C(F)(F)F. The molecule has 0 aromatic carbocycles. The number of halogens is 3. The number of rotatable bonds is 5. The molecule has 0 aromatic heterocycles. The van der Waals surface area contributed by atoms with Gasteiger partial charge in [-0.25, -0.2) is 0 Å². The molecule has 0 saturated carbocycles. The van der Waals surface area contributed by atoms with Crippen LogP contribution >= 0.6 is 11.8 Å². The molecule has 80 valence electrons. The van der Waals surface area contributed by atoms with Crippen LogP contribution in [0.4, 0.5) is 13.2 Å². The fourth-order valence-electron chi connectivity index (χ4n) is 0.899. The van der Waals surface area contributed by atoms with Crippen LogP contribution in [0.25, 0.3) is 0 Å². The molecule has 0 spiro atoms. The van der Waals surface area contributed by atoms with Crippen LogP contribution in [0.3, 0.4) is 0 Å². The quantitative estimate of drug-likeness (QED) is 0.714. The number of hydrogen-bond donors (Lipinski definition) is 1. The Morgan fingerprint density at radius 2 is 1.92 bits per heavy atom. The Hall–Kier alpha value is 0.100. The highest BCUT2D eigenvalue weighted by Gasteiger charge is 2.41. The second-order valence-electron chi connectivity index (χ2n) is 3.05. The first-order valence-electron chi connectivity index (χ1n) is 4.33. The molecule has 5 heteroatoms. The standard InChI is InChI=1S/C8H16F3NS/c1-3-4-5-13-7(6(2)12)8(9,10)11/h6-7H,3-5,12H2,1-2H3. The lowest BCUT2D eigenvalue weighted by Crippen LogP contribution is -2.40. The maximum absolute atomic E-state index is 12.3. The Bertz CT molecular complexity index is 136.